The predicted molar refractivity (Wildman–Crippen MR) is 84.4 cm³/mol. The summed E-state index contributed by atoms with van der Waals surface area (Å²) < 4.78 is 10.9. The number of carbonyl (C=O) groups excluding carboxylic acids is 1. The largest absolute Gasteiger partial charge is 0.454 e. The first kappa shape index (κ1) is 14.1. The fourth-order valence-electron chi connectivity index (χ4n) is 3.45. The number of fused-ring (bicyclic) bond motifs is 1. The monoisotopic (exact) mass is 310 g/mol. The number of hydrogen-bond donors (Lipinski definition) is 1. The molecule has 0 radical (unpaired) electrons. The summed E-state index contributed by atoms with van der Waals surface area (Å²) >= 11 is 0. The van der Waals surface area contributed by atoms with Crippen LogP contribution in [-0.2, 0) is 5.54 Å². The van der Waals surface area contributed by atoms with Crippen molar-refractivity contribution in [2.45, 2.75) is 31.2 Å². The van der Waals surface area contributed by atoms with Crippen molar-refractivity contribution in [3.63, 3.8) is 0 Å². The summed E-state index contributed by atoms with van der Waals surface area (Å²) in [4.78, 5) is 16.6. The molecule has 5 heteroatoms. The van der Waals surface area contributed by atoms with Crippen molar-refractivity contribution in [1.29, 1.82) is 0 Å². The average molecular weight is 310 g/mol. The Hall–Kier alpha value is -2.56. The van der Waals surface area contributed by atoms with Crippen LogP contribution < -0.4 is 14.8 Å². The smallest absolute Gasteiger partial charge is 0.252 e. The van der Waals surface area contributed by atoms with E-state index in [-0.39, 0.29) is 18.2 Å². The number of carbonyl (C=O) groups is 1. The standard InChI is InChI=1S/C18H18N2O3/c21-17(13-5-9-19-10-6-13)20-18(7-1-2-8-18)14-3-4-15-16(11-14)23-12-22-15/h3-6,9-11H,1-2,7-8,12H2,(H,20,21). The van der Waals surface area contributed by atoms with Crippen LogP contribution in [0.3, 0.4) is 0 Å². The highest BCUT2D eigenvalue weighted by Gasteiger charge is 2.38. The van der Waals surface area contributed by atoms with Crippen molar-refractivity contribution >= 4 is 5.91 Å². The predicted octanol–water partition coefficient (Wildman–Crippen LogP) is 3.01. The number of benzene rings is 1. The van der Waals surface area contributed by atoms with Crippen LogP contribution >= 0.6 is 0 Å². The SMILES string of the molecule is O=C(NC1(c2ccc3c(c2)OCO3)CCCC1)c1ccncc1. The van der Waals surface area contributed by atoms with Crippen molar-refractivity contribution in [3.8, 4) is 11.5 Å². The molecule has 0 bridgehead atoms. The quantitative estimate of drug-likeness (QED) is 0.946. The summed E-state index contributed by atoms with van der Waals surface area (Å²) in [5.74, 6) is 1.46. The van der Waals surface area contributed by atoms with Gasteiger partial charge in [0.2, 0.25) is 6.79 Å². The Balaban J connectivity index is 1.65. The second kappa shape index (κ2) is 5.57. The van der Waals surface area contributed by atoms with Crippen molar-refractivity contribution < 1.29 is 14.3 Å². The maximum absolute atomic E-state index is 12.6. The fourth-order valence-corrected chi connectivity index (χ4v) is 3.45. The molecule has 1 aliphatic carbocycles. The van der Waals surface area contributed by atoms with Crippen LogP contribution in [0.25, 0.3) is 0 Å². The third-order valence-corrected chi connectivity index (χ3v) is 4.68. The molecular formula is C18H18N2O3. The molecule has 0 saturated heterocycles. The lowest BCUT2D eigenvalue weighted by Gasteiger charge is -2.31. The first-order valence-electron chi connectivity index (χ1n) is 7.90. The zero-order chi connectivity index (χ0) is 15.7. The van der Waals surface area contributed by atoms with E-state index >= 15 is 0 Å². The number of aromatic nitrogens is 1. The molecule has 0 unspecified atom stereocenters. The van der Waals surface area contributed by atoms with Gasteiger partial charge in [0, 0.05) is 18.0 Å². The van der Waals surface area contributed by atoms with Crippen molar-refractivity contribution in [1.82, 2.24) is 10.3 Å². The lowest BCUT2D eigenvalue weighted by molar-refractivity contribution is 0.0898. The van der Waals surface area contributed by atoms with Crippen LogP contribution in [0.1, 0.15) is 41.6 Å². The molecular weight excluding hydrogens is 292 g/mol. The number of amides is 1. The molecule has 1 aromatic heterocycles. The summed E-state index contributed by atoms with van der Waals surface area (Å²) in [5, 5.41) is 3.25. The Kier molecular flexibility index (Phi) is 3.41. The number of ether oxygens (including phenoxy) is 2. The fraction of sp³-hybridized carbons (Fsp3) is 0.333. The summed E-state index contributed by atoms with van der Waals surface area (Å²) in [5.41, 5.74) is 1.38. The minimum Gasteiger partial charge on any atom is -0.454 e. The minimum absolute atomic E-state index is 0.0630. The molecule has 1 aromatic carbocycles. The van der Waals surface area contributed by atoms with Gasteiger partial charge in [0.15, 0.2) is 11.5 Å². The molecule has 5 nitrogen and oxygen atoms in total. The molecule has 0 atom stereocenters. The summed E-state index contributed by atoms with van der Waals surface area (Å²) in [6, 6.07) is 9.43. The second-order valence-corrected chi connectivity index (χ2v) is 6.05. The molecule has 23 heavy (non-hydrogen) atoms. The van der Waals surface area contributed by atoms with Gasteiger partial charge < -0.3 is 14.8 Å². The van der Waals surface area contributed by atoms with E-state index in [9.17, 15) is 4.79 Å². The average Bonchev–Trinajstić information content (AvgIpc) is 3.24. The van der Waals surface area contributed by atoms with E-state index in [4.69, 9.17) is 9.47 Å². The van der Waals surface area contributed by atoms with Gasteiger partial charge in [-0.15, -0.1) is 0 Å². The molecule has 118 valence electrons. The Labute approximate surface area is 134 Å². The first-order chi connectivity index (χ1) is 11.3. The number of rotatable bonds is 3. The van der Waals surface area contributed by atoms with Gasteiger partial charge in [-0.1, -0.05) is 18.9 Å². The molecule has 1 aliphatic heterocycles. The number of pyridine rings is 1. The van der Waals surface area contributed by atoms with E-state index in [1.165, 1.54) is 0 Å². The molecule has 2 aromatic rings. The Morgan fingerprint density at radius 3 is 2.57 bits per heavy atom. The molecule has 1 fully saturated rings. The van der Waals surface area contributed by atoms with Crippen LogP contribution in [0.15, 0.2) is 42.7 Å². The topological polar surface area (TPSA) is 60.5 Å². The maximum Gasteiger partial charge on any atom is 0.252 e. The first-order valence-corrected chi connectivity index (χ1v) is 7.90. The Morgan fingerprint density at radius 2 is 1.78 bits per heavy atom. The molecule has 0 spiro atoms. The van der Waals surface area contributed by atoms with Crippen molar-refractivity contribution in [2.75, 3.05) is 6.79 Å². The summed E-state index contributed by atoms with van der Waals surface area (Å²) in [6.45, 7) is 0.259. The minimum atomic E-state index is -0.332. The summed E-state index contributed by atoms with van der Waals surface area (Å²) in [6.07, 6.45) is 7.34. The van der Waals surface area contributed by atoms with Crippen molar-refractivity contribution in [3.05, 3.63) is 53.9 Å². The van der Waals surface area contributed by atoms with Gasteiger partial charge in [-0.25, -0.2) is 0 Å². The molecule has 1 amide bonds. The summed E-state index contributed by atoms with van der Waals surface area (Å²) in [7, 11) is 0. The Morgan fingerprint density at radius 1 is 1.04 bits per heavy atom. The zero-order valence-electron chi connectivity index (χ0n) is 12.7. The highest BCUT2D eigenvalue weighted by molar-refractivity contribution is 5.94. The molecule has 4 rings (SSSR count). The van der Waals surface area contributed by atoms with Gasteiger partial charge in [-0.05, 0) is 42.7 Å². The normalized spacial score (nSPS) is 17.9. The van der Waals surface area contributed by atoms with E-state index in [1.807, 2.05) is 18.2 Å². The third kappa shape index (κ3) is 2.52. The van der Waals surface area contributed by atoms with Gasteiger partial charge in [-0.2, -0.15) is 0 Å². The lowest BCUT2D eigenvalue weighted by Crippen LogP contribution is -2.43. The number of nitrogens with zero attached hydrogens (tertiary/aromatic N) is 1. The Bertz CT molecular complexity index is 724. The van der Waals surface area contributed by atoms with Gasteiger partial charge in [0.05, 0.1) is 5.54 Å². The molecule has 1 saturated carbocycles. The third-order valence-electron chi connectivity index (χ3n) is 4.68. The van der Waals surface area contributed by atoms with E-state index in [0.717, 1.165) is 42.7 Å². The van der Waals surface area contributed by atoms with Gasteiger partial charge in [-0.3, -0.25) is 9.78 Å². The van der Waals surface area contributed by atoms with Crippen LogP contribution in [-0.4, -0.2) is 17.7 Å². The van der Waals surface area contributed by atoms with Crippen molar-refractivity contribution in [2.24, 2.45) is 0 Å². The van der Waals surface area contributed by atoms with Gasteiger partial charge in [0.1, 0.15) is 0 Å². The highest BCUT2D eigenvalue weighted by atomic mass is 16.7. The van der Waals surface area contributed by atoms with E-state index < -0.39 is 0 Å². The van der Waals surface area contributed by atoms with Crippen LogP contribution in [0.4, 0.5) is 0 Å². The molecule has 2 heterocycles. The zero-order valence-corrected chi connectivity index (χ0v) is 12.7. The van der Waals surface area contributed by atoms with Crippen LogP contribution in [0.5, 0.6) is 11.5 Å². The van der Waals surface area contributed by atoms with Crippen LogP contribution in [0, 0.1) is 0 Å². The van der Waals surface area contributed by atoms with Crippen LogP contribution in [0.2, 0.25) is 0 Å². The second-order valence-electron chi connectivity index (χ2n) is 6.05. The maximum atomic E-state index is 12.6. The highest BCUT2D eigenvalue weighted by Crippen LogP contribution is 2.43. The van der Waals surface area contributed by atoms with E-state index in [2.05, 4.69) is 10.3 Å². The number of nitrogens with one attached hydrogen (secondary N) is 1. The van der Waals surface area contributed by atoms with Gasteiger partial charge in [0.25, 0.3) is 5.91 Å². The lowest BCUT2D eigenvalue weighted by atomic mass is 9.87. The number of hydrogen-bond acceptors (Lipinski definition) is 4. The van der Waals surface area contributed by atoms with E-state index in [0.29, 0.717) is 5.56 Å². The van der Waals surface area contributed by atoms with E-state index in [1.54, 1.807) is 24.5 Å². The molecule has 2 aliphatic rings. The van der Waals surface area contributed by atoms with Gasteiger partial charge >= 0.3 is 0 Å². The molecule has 1 N–H and O–H groups in total.